The highest BCUT2D eigenvalue weighted by Crippen LogP contribution is 2.38. The molecule has 1 aliphatic heterocycles. The molecule has 1 aliphatic rings. The lowest BCUT2D eigenvalue weighted by Crippen LogP contribution is -2.57. The Labute approximate surface area is 182 Å². The second kappa shape index (κ2) is 10.2. The van der Waals surface area contributed by atoms with Gasteiger partial charge in [-0.15, -0.1) is 0 Å². The summed E-state index contributed by atoms with van der Waals surface area (Å²) in [5.74, 6) is -0.630. The minimum absolute atomic E-state index is 0.0683. The number of nitrogens with zero attached hydrogens (tertiary/aromatic N) is 2. The topological polar surface area (TPSA) is 153 Å². The van der Waals surface area contributed by atoms with Crippen molar-refractivity contribution in [2.75, 3.05) is 13.2 Å². The predicted octanol–water partition coefficient (Wildman–Crippen LogP) is 0.689. The SMILES string of the molecule is CCOC(=O)c1cnc(S[C@@H]2O[C@H](CO)[C@@H](O)[C@H](O)[C@H]2O)c(C#N)c1-c1ccccc1. The first-order valence-corrected chi connectivity index (χ1v) is 10.4. The normalized spacial score (nSPS) is 25.6. The van der Waals surface area contributed by atoms with Gasteiger partial charge in [-0.25, -0.2) is 9.78 Å². The van der Waals surface area contributed by atoms with Crippen LogP contribution in [-0.2, 0) is 9.47 Å². The van der Waals surface area contributed by atoms with Crippen LogP contribution in [0, 0.1) is 11.3 Å². The molecule has 31 heavy (non-hydrogen) atoms. The number of ether oxygens (including phenoxy) is 2. The van der Waals surface area contributed by atoms with Gasteiger partial charge in [-0.2, -0.15) is 5.26 Å². The molecule has 9 nitrogen and oxygen atoms in total. The van der Waals surface area contributed by atoms with Crippen LogP contribution in [0.1, 0.15) is 22.8 Å². The summed E-state index contributed by atoms with van der Waals surface area (Å²) in [7, 11) is 0. The molecule has 0 aliphatic carbocycles. The van der Waals surface area contributed by atoms with Crippen molar-refractivity contribution >= 4 is 17.7 Å². The molecule has 0 bridgehead atoms. The van der Waals surface area contributed by atoms with Crippen LogP contribution in [-0.4, -0.2) is 74.4 Å². The molecular weight excluding hydrogens is 424 g/mol. The molecule has 0 amide bonds. The monoisotopic (exact) mass is 446 g/mol. The number of aliphatic hydroxyl groups is 4. The first-order chi connectivity index (χ1) is 14.9. The number of benzene rings is 1. The number of hydrogen-bond acceptors (Lipinski definition) is 10. The summed E-state index contributed by atoms with van der Waals surface area (Å²) in [5, 5.41) is 49.7. The van der Waals surface area contributed by atoms with Gasteiger partial charge in [0.1, 0.15) is 40.9 Å². The number of nitriles is 1. The van der Waals surface area contributed by atoms with Crippen molar-refractivity contribution < 1.29 is 34.7 Å². The number of esters is 1. The fourth-order valence-electron chi connectivity index (χ4n) is 3.23. The molecule has 10 heteroatoms. The molecule has 1 saturated heterocycles. The van der Waals surface area contributed by atoms with E-state index in [0.717, 1.165) is 11.8 Å². The summed E-state index contributed by atoms with van der Waals surface area (Å²) >= 11 is 0.851. The van der Waals surface area contributed by atoms with E-state index in [0.29, 0.717) is 11.1 Å². The Hall–Kier alpha value is -2.52. The summed E-state index contributed by atoms with van der Waals surface area (Å²) in [6, 6.07) is 10.9. The second-order valence-electron chi connectivity index (χ2n) is 6.74. The first kappa shape index (κ1) is 23.1. The number of pyridine rings is 1. The predicted molar refractivity (Wildman–Crippen MR) is 110 cm³/mol. The summed E-state index contributed by atoms with van der Waals surface area (Å²) in [6.45, 7) is 1.25. The molecule has 2 heterocycles. The molecule has 1 aromatic carbocycles. The van der Waals surface area contributed by atoms with E-state index in [4.69, 9.17) is 9.47 Å². The zero-order valence-electron chi connectivity index (χ0n) is 16.6. The van der Waals surface area contributed by atoms with Gasteiger partial charge in [0.25, 0.3) is 0 Å². The molecule has 5 atom stereocenters. The highest BCUT2D eigenvalue weighted by molar-refractivity contribution is 7.99. The van der Waals surface area contributed by atoms with Gasteiger partial charge in [-0.3, -0.25) is 0 Å². The third kappa shape index (κ3) is 4.72. The Balaban J connectivity index is 2.06. The Morgan fingerprint density at radius 3 is 2.55 bits per heavy atom. The van der Waals surface area contributed by atoms with Crippen molar-refractivity contribution in [1.82, 2.24) is 4.98 Å². The van der Waals surface area contributed by atoms with Gasteiger partial charge in [-0.05, 0) is 12.5 Å². The van der Waals surface area contributed by atoms with E-state index in [9.17, 15) is 30.5 Å². The van der Waals surface area contributed by atoms with Crippen LogP contribution >= 0.6 is 11.8 Å². The van der Waals surface area contributed by atoms with E-state index in [1.54, 1.807) is 37.3 Å². The number of rotatable bonds is 6. The molecule has 0 saturated carbocycles. The number of carbonyl (C=O) groups excluding carboxylic acids is 1. The van der Waals surface area contributed by atoms with Gasteiger partial charge in [-0.1, -0.05) is 42.1 Å². The lowest BCUT2D eigenvalue weighted by molar-refractivity contribution is -0.205. The maximum Gasteiger partial charge on any atom is 0.340 e. The molecule has 0 unspecified atom stereocenters. The maximum atomic E-state index is 12.5. The van der Waals surface area contributed by atoms with Crippen molar-refractivity contribution in [1.29, 1.82) is 5.26 Å². The summed E-state index contributed by atoms with van der Waals surface area (Å²) in [6.07, 6.45) is -4.35. The van der Waals surface area contributed by atoms with Gasteiger partial charge < -0.3 is 29.9 Å². The summed E-state index contributed by atoms with van der Waals surface area (Å²) < 4.78 is 10.6. The highest BCUT2D eigenvalue weighted by Gasteiger charge is 2.44. The molecule has 2 aromatic rings. The first-order valence-electron chi connectivity index (χ1n) is 9.55. The van der Waals surface area contributed by atoms with Crippen LogP contribution in [0.4, 0.5) is 0 Å². The molecule has 1 aromatic heterocycles. The minimum atomic E-state index is -1.55. The number of thioether (sulfide) groups is 1. The molecule has 164 valence electrons. The van der Waals surface area contributed by atoms with E-state index in [-0.39, 0.29) is 22.8 Å². The lowest BCUT2D eigenvalue weighted by atomic mass is 9.97. The van der Waals surface area contributed by atoms with Gasteiger partial charge in [0, 0.05) is 11.8 Å². The smallest absolute Gasteiger partial charge is 0.340 e. The summed E-state index contributed by atoms with van der Waals surface area (Å²) in [4.78, 5) is 16.7. The van der Waals surface area contributed by atoms with E-state index in [2.05, 4.69) is 11.1 Å². The van der Waals surface area contributed by atoms with Crippen LogP contribution in [0.15, 0.2) is 41.6 Å². The highest BCUT2D eigenvalue weighted by atomic mass is 32.2. The fraction of sp³-hybridized carbons (Fsp3) is 0.381. The Kier molecular flexibility index (Phi) is 7.61. The zero-order chi connectivity index (χ0) is 22.5. The largest absolute Gasteiger partial charge is 0.462 e. The van der Waals surface area contributed by atoms with Gasteiger partial charge in [0.15, 0.2) is 0 Å². The lowest BCUT2D eigenvalue weighted by Gasteiger charge is -2.39. The second-order valence-corrected chi connectivity index (χ2v) is 7.83. The third-order valence-corrected chi connectivity index (χ3v) is 5.95. The Morgan fingerprint density at radius 2 is 1.94 bits per heavy atom. The van der Waals surface area contributed by atoms with E-state index >= 15 is 0 Å². The van der Waals surface area contributed by atoms with Gasteiger partial charge in [0.05, 0.1) is 24.3 Å². The molecule has 3 rings (SSSR count). The fourth-order valence-corrected chi connectivity index (χ4v) is 4.33. The number of aromatic nitrogens is 1. The van der Waals surface area contributed by atoms with E-state index in [1.807, 2.05) is 0 Å². The average molecular weight is 446 g/mol. The molecule has 1 fully saturated rings. The van der Waals surface area contributed by atoms with Crippen molar-refractivity contribution in [3.8, 4) is 17.2 Å². The third-order valence-electron chi connectivity index (χ3n) is 4.79. The van der Waals surface area contributed by atoms with Crippen LogP contribution in [0.2, 0.25) is 0 Å². The molecule has 0 spiro atoms. The van der Waals surface area contributed by atoms with Gasteiger partial charge >= 0.3 is 5.97 Å². The number of aliphatic hydroxyl groups excluding tert-OH is 4. The van der Waals surface area contributed by atoms with Crippen molar-refractivity contribution in [2.24, 2.45) is 0 Å². The molecule has 4 N–H and O–H groups in total. The van der Waals surface area contributed by atoms with E-state index < -0.39 is 42.4 Å². The van der Waals surface area contributed by atoms with Crippen LogP contribution in [0.3, 0.4) is 0 Å². The van der Waals surface area contributed by atoms with Crippen molar-refractivity contribution in [2.45, 2.75) is 41.8 Å². The minimum Gasteiger partial charge on any atom is -0.462 e. The van der Waals surface area contributed by atoms with Crippen molar-refractivity contribution in [3.63, 3.8) is 0 Å². The maximum absolute atomic E-state index is 12.5. The number of hydrogen-bond donors (Lipinski definition) is 4. The Morgan fingerprint density at radius 1 is 1.23 bits per heavy atom. The van der Waals surface area contributed by atoms with Crippen LogP contribution in [0.5, 0.6) is 0 Å². The zero-order valence-corrected chi connectivity index (χ0v) is 17.4. The van der Waals surface area contributed by atoms with Gasteiger partial charge in [0.2, 0.25) is 0 Å². The quantitative estimate of drug-likeness (QED) is 0.466. The summed E-state index contributed by atoms with van der Waals surface area (Å²) in [5.41, 5.74) is -0.0162. The standard InChI is InChI=1S/C21H22N2O7S/c1-2-29-20(28)13-9-23-19(12(8-22)15(13)11-6-4-3-5-7-11)31-21-18(27)17(26)16(25)14(10-24)30-21/h3-7,9,14,16-18,21,24-27H,2,10H2,1H3/t14-,16-,17+,18-,21+/m1/s1. The number of carbonyl (C=O) groups is 1. The molecular formula is C21H22N2O7S. The Bertz CT molecular complexity index is 964. The van der Waals surface area contributed by atoms with Crippen LogP contribution in [0.25, 0.3) is 11.1 Å². The van der Waals surface area contributed by atoms with Crippen molar-refractivity contribution in [3.05, 3.63) is 47.7 Å². The van der Waals surface area contributed by atoms with E-state index in [1.165, 1.54) is 6.20 Å². The molecule has 0 radical (unpaired) electrons. The van der Waals surface area contributed by atoms with Crippen LogP contribution < -0.4 is 0 Å². The average Bonchev–Trinajstić information content (AvgIpc) is 2.79.